The van der Waals surface area contributed by atoms with E-state index < -0.39 is 0 Å². The van der Waals surface area contributed by atoms with Crippen LogP contribution in [-0.2, 0) is 16.0 Å². The maximum atomic E-state index is 12.4. The largest absolute Gasteiger partial charge is 0.347 e. The molecule has 156 valence electrons. The molecule has 0 atom stereocenters. The summed E-state index contributed by atoms with van der Waals surface area (Å²) in [6.45, 7) is 7.41. The van der Waals surface area contributed by atoms with Gasteiger partial charge in [-0.15, -0.1) is 0 Å². The monoisotopic (exact) mass is 470 g/mol. The van der Waals surface area contributed by atoms with E-state index in [0.29, 0.717) is 11.6 Å². The average molecular weight is 471 g/mol. The van der Waals surface area contributed by atoms with Crippen LogP contribution in [-0.4, -0.2) is 38.1 Å². The second-order valence-corrected chi connectivity index (χ2v) is 7.94. The first-order chi connectivity index (χ1) is 14.2. The molecule has 0 unspecified atom stereocenters. The van der Waals surface area contributed by atoms with E-state index in [1.54, 1.807) is 16.8 Å². The molecule has 8 nitrogen and oxygen atoms in total. The summed E-state index contributed by atoms with van der Waals surface area (Å²) >= 11 is 3.34. The molecule has 0 spiro atoms. The van der Waals surface area contributed by atoms with E-state index in [1.165, 1.54) is 0 Å². The highest BCUT2D eigenvalue weighted by molar-refractivity contribution is 9.10. The maximum Gasteiger partial charge on any atom is 0.251 e. The van der Waals surface area contributed by atoms with Crippen molar-refractivity contribution >= 4 is 33.4 Å². The van der Waals surface area contributed by atoms with Crippen LogP contribution in [0.3, 0.4) is 0 Å². The normalized spacial score (nSPS) is 10.7. The Bertz CT molecular complexity index is 1070. The lowest BCUT2D eigenvalue weighted by atomic mass is 10.1. The summed E-state index contributed by atoms with van der Waals surface area (Å²) in [5, 5.41) is 9.90. The minimum atomic E-state index is -0.293. The van der Waals surface area contributed by atoms with Crippen LogP contribution in [0.1, 0.15) is 28.3 Å². The zero-order chi connectivity index (χ0) is 21.8. The van der Waals surface area contributed by atoms with Crippen molar-refractivity contribution in [3.63, 3.8) is 0 Å². The second kappa shape index (κ2) is 9.17. The van der Waals surface area contributed by atoms with Gasteiger partial charge in [-0.1, -0.05) is 15.9 Å². The van der Waals surface area contributed by atoms with Gasteiger partial charge in [-0.2, -0.15) is 5.10 Å². The lowest BCUT2D eigenvalue weighted by Gasteiger charge is -2.08. The molecule has 2 N–H and O–H groups in total. The van der Waals surface area contributed by atoms with E-state index in [0.717, 1.165) is 32.8 Å². The Kier molecular flexibility index (Phi) is 6.61. The van der Waals surface area contributed by atoms with Gasteiger partial charge < -0.3 is 10.6 Å². The smallest absolute Gasteiger partial charge is 0.251 e. The van der Waals surface area contributed by atoms with Gasteiger partial charge in [-0.3, -0.25) is 9.59 Å². The van der Waals surface area contributed by atoms with E-state index in [1.807, 2.05) is 45.9 Å². The van der Waals surface area contributed by atoms with E-state index >= 15 is 0 Å². The number of carbonyl (C=O) groups is 2. The number of nitrogens with one attached hydrogen (secondary N) is 2. The molecule has 1 aromatic carbocycles. The topological polar surface area (TPSA) is 102 Å². The van der Waals surface area contributed by atoms with Gasteiger partial charge in [0.05, 0.1) is 18.7 Å². The molecule has 0 radical (unpaired) electrons. The van der Waals surface area contributed by atoms with Gasteiger partial charge in [0.1, 0.15) is 0 Å². The highest BCUT2D eigenvalue weighted by Gasteiger charge is 2.18. The van der Waals surface area contributed by atoms with Crippen LogP contribution in [0.4, 0.5) is 5.69 Å². The first-order valence-corrected chi connectivity index (χ1v) is 10.2. The molecule has 2 heterocycles. The third-order valence-corrected chi connectivity index (χ3v) is 5.04. The number of hydrogen-bond donors (Lipinski definition) is 2. The van der Waals surface area contributed by atoms with Crippen molar-refractivity contribution in [2.75, 3.05) is 11.9 Å². The molecular formula is C21H23BrN6O2. The SMILES string of the molecule is Cc1cc(C)nc(-n2nc(C)c(CC(=O)NCC(=O)Nc3ccc(Br)cc3)c2C)n1. The third kappa shape index (κ3) is 5.29. The van der Waals surface area contributed by atoms with E-state index in [9.17, 15) is 9.59 Å². The molecule has 3 rings (SSSR count). The minimum Gasteiger partial charge on any atom is -0.347 e. The molecule has 30 heavy (non-hydrogen) atoms. The van der Waals surface area contributed by atoms with Crippen molar-refractivity contribution < 1.29 is 9.59 Å². The average Bonchev–Trinajstić information content (AvgIpc) is 2.96. The first-order valence-electron chi connectivity index (χ1n) is 9.43. The zero-order valence-electron chi connectivity index (χ0n) is 17.3. The molecule has 0 aliphatic heterocycles. The summed E-state index contributed by atoms with van der Waals surface area (Å²) in [6, 6.07) is 9.11. The number of rotatable bonds is 6. The van der Waals surface area contributed by atoms with Crippen LogP contribution >= 0.6 is 15.9 Å². The van der Waals surface area contributed by atoms with Crippen molar-refractivity contribution in [3.8, 4) is 5.95 Å². The van der Waals surface area contributed by atoms with Crippen LogP contribution in [0.2, 0.25) is 0 Å². The summed E-state index contributed by atoms with van der Waals surface area (Å²) in [5.41, 5.74) is 4.68. The van der Waals surface area contributed by atoms with Gasteiger partial charge in [0.2, 0.25) is 11.8 Å². The van der Waals surface area contributed by atoms with E-state index in [-0.39, 0.29) is 24.8 Å². The zero-order valence-corrected chi connectivity index (χ0v) is 18.9. The highest BCUT2D eigenvalue weighted by atomic mass is 79.9. The fourth-order valence-corrected chi connectivity index (χ4v) is 3.33. The Morgan fingerprint density at radius 2 is 1.63 bits per heavy atom. The lowest BCUT2D eigenvalue weighted by molar-refractivity contribution is -0.123. The van der Waals surface area contributed by atoms with Gasteiger partial charge in [-0.05, 0) is 58.0 Å². The van der Waals surface area contributed by atoms with Crippen molar-refractivity contribution in [1.29, 1.82) is 0 Å². The van der Waals surface area contributed by atoms with E-state index in [2.05, 4.69) is 41.6 Å². The summed E-state index contributed by atoms with van der Waals surface area (Å²) in [6.07, 6.45) is 0.119. The Balaban J connectivity index is 1.63. The predicted octanol–water partition coefficient (Wildman–Crippen LogP) is 2.96. The summed E-state index contributed by atoms with van der Waals surface area (Å²) in [5.74, 6) is -0.0693. The van der Waals surface area contributed by atoms with Gasteiger partial charge in [0.15, 0.2) is 0 Å². The fourth-order valence-electron chi connectivity index (χ4n) is 3.07. The molecule has 0 aliphatic rings. The Morgan fingerprint density at radius 1 is 1.00 bits per heavy atom. The lowest BCUT2D eigenvalue weighted by Crippen LogP contribution is -2.34. The van der Waals surface area contributed by atoms with Crippen LogP contribution in [0.5, 0.6) is 0 Å². The molecule has 2 aromatic heterocycles. The molecular weight excluding hydrogens is 448 g/mol. The Morgan fingerprint density at radius 3 is 2.27 bits per heavy atom. The predicted molar refractivity (Wildman–Crippen MR) is 118 cm³/mol. The number of halogens is 1. The number of nitrogens with zero attached hydrogens (tertiary/aromatic N) is 4. The number of aryl methyl sites for hydroxylation is 3. The van der Waals surface area contributed by atoms with Crippen molar-refractivity contribution in [3.05, 3.63) is 63.1 Å². The molecule has 0 fully saturated rings. The number of aromatic nitrogens is 4. The highest BCUT2D eigenvalue weighted by Crippen LogP contribution is 2.17. The van der Waals surface area contributed by atoms with Gasteiger partial charge in [-0.25, -0.2) is 14.6 Å². The molecule has 2 amide bonds. The summed E-state index contributed by atoms with van der Waals surface area (Å²) < 4.78 is 2.57. The minimum absolute atomic E-state index is 0.110. The standard InChI is InChI=1S/C21H23BrN6O2/c1-12-9-13(2)25-21(24-12)28-15(4)18(14(3)27-28)10-19(29)23-11-20(30)26-17-7-5-16(22)6-8-17/h5-9H,10-11H2,1-4H3,(H,23,29)(H,26,30). The Hall–Kier alpha value is -3.07. The molecule has 9 heteroatoms. The van der Waals surface area contributed by atoms with Crippen molar-refractivity contribution in [2.45, 2.75) is 34.1 Å². The summed E-state index contributed by atoms with van der Waals surface area (Å²) in [7, 11) is 0. The third-order valence-electron chi connectivity index (χ3n) is 4.51. The van der Waals surface area contributed by atoms with Crippen LogP contribution in [0.25, 0.3) is 5.95 Å². The number of benzene rings is 1. The number of anilines is 1. The maximum absolute atomic E-state index is 12.4. The van der Waals surface area contributed by atoms with Crippen LogP contribution in [0, 0.1) is 27.7 Å². The molecule has 0 saturated heterocycles. The fraction of sp³-hybridized carbons (Fsp3) is 0.286. The van der Waals surface area contributed by atoms with Crippen molar-refractivity contribution in [2.24, 2.45) is 0 Å². The molecule has 0 saturated carbocycles. The van der Waals surface area contributed by atoms with Crippen molar-refractivity contribution in [1.82, 2.24) is 25.1 Å². The van der Waals surface area contributed by atoms with Crippen LogP contribution < -0.4 is 10.6 Å². The van der Waals surface area contributed by atoms with Crippen LogP contribution in [0.15, 0.2) is 34.8 Å². The molecule has 3 aromatic rings. The molecule has 0 aliphatic carbocycles. The van der Waals surface area contributed by atoms with E-state index in [4.69, 9.17) is 0 Å². The summed E-state index contributed by atoms with van der Waals surface area (Å²) in [4.78, 5) is 33.4. The van der Waals surface area contributed by atoms with Gasteiger partial charge in [0, 0.05) is 32.8 Å². The van der Waals surface area contributed by atoms with Gasteiger partial charge in [0.25, 0.3) is 5.95 Å². The number of amides is 2. The Labute approximate surface area is 183 Å². The molecule has 0 bridgehead atoms. The number of hydrogen-bond acceptors (Lipinski definition) is 5. The first kappa shape index (κ1) is 21.6. The number of carbonyl (C=O) groups excluding carboxylic acids is 2. The second-order valence-electron chi connectivity index (χ2n) is 7.02. The van der Waals surface area contributed by atoms with Gasteiger partial charge >= 0.3 is 0 Å². The quantitative estimate of drug-likeness (QED) is 0.576.